The summed E-state index contributed by atoms with van der Waals surface area (Å²) in [6, 6.07) is 11.6. The van der Waals surface area contributed by atoms with E-state index in [2.05, 4.69) is 25.1 Å². The van der Waals surface area contributed by atoms with E-state index in [0.29, 0.717) is 11.3 Å². The van der Waals surface area contributed by atoms with Gasteiger partial charge in [0, 0.05) is 9.79 Å². The van der Waals surface area contributed by atoms with Gasteiger partial charge in [0.05, 0.1) is 11.3 Å². The second kappa shape index (κ2) is 5.36. The lowest BCUT2D eigenvalue weighted by Crippen LogP contribution is -2.13. The maximum absolute atomic E-state index is 11.3. The lowest BCUT2D eigenvalue weighted by molar-refractivity contribution is 0.100. The molecular weight excluding hydrogens is 256 g/mol. The number of nitrogen functional groups attached to an aromatic ring is 1. The van der Waals surface area contributed by atoms with Gasteiger partial charge in [0.2, 0.25) is 0 Å². The van der Waals surface area contributed by atoms with E-state index in [0.717, 1.165) is 9.79 Å². The first-order chi connectivity index (χ1) is 8.99. The van der Waals surface area contributed by atoms with Crippen molar-refractivity contribution in [1.82, 2.24) is 0 Å². The summed E-state index contributed by atoms with van der Waals surface area (Å²) in [6.07, 6.45) is 0. The Bertz CT molecular complexity index is 638. The van der Waals surface area contributed by atoms with Gasteiger partial charge in [-0.05, 0) is 43.2 Å². The largest absolute Gasteiger partial charge is 0.397 e. The molecule has 0 aliphatic rings. The molecule has 4 N–H and O–H groups in total. The van der Waals surface area contributed by atoms with Gasteiger partial charge in [-0.2, -0.15) is 0 Å². The van der Waals surface area contributed by atoms with Crippen LogP contribution in [0, 0.1) is 13.8 Å². The molecule has 0 unspecified atom stereocenters. The number of amides is 1. The first kappa shape index (κ1) is 13.5. The van der Waals surface area contributed by atoms with Crippen LogP contribution in [0.4, 0.5) is 5.69 Å². The minimum Gasteiger partial charge on any atom is -0.397 e. The minimum absolute atomic E-state index is 0.371. The number of nitrogens with two attached hydrogens (primary N) is 2. The number of benzene rings is 2. The van der Waals surface area contributed by atoms with Gasteiger partial charge >= 0.3 is 0 Å². The molecule has 0 saturated carbocycles. The third kappa shape index (κ3) is 2.90. The predicted octanol–water partition coefficient (Wildman–Crippen LogP) is 3.14. The highest BCUT2D eigenvalue weighted by Gasteiger charge is 2.11. The molecule has 4 heteroatoms. The van der Waals surface area contributed by atoms with Gasteiger partial charge in [-0.1, -0.05) is 30.0 Å². The van der Waals surface area contributed by atoms with Gasteiger partial charge in [-0.25, -0.2) is 0 Å². The summed E-state index contributed by atoms with van der Waals surface area (Å²) in [5, 5.41) is 0. The van der Waals surface area contributed by atoms with E-state index in [1.54, 1.807) is 23.9 Å². The minimum atomic E-state index is -0.499. The number of anilines is 1. The third-order valence-electron chi connectivity index (χ3n) is 2.90. The smallest absolute Gasteiger partial charge is 0.250 e. The van der Waals surface area contributed by atoms with Crippen molar-refractivity contribution >= 4 is 23.4 Å². The van der Waals surface area contributed by atoms with Crippen molar-refractivity contribution in [2.75, 3.05) is 5.73 Å². The van der Waals surface area contributed by atoms with Crippen LogP contribution in [-0.2, 0) is 0 Å². The van der Waals surface area contributed by atoms with Gasteiger partial charge in [-0.15, -0.1) is 0 Å². The molecule has 0 heterocycles. The van der Waals surface area contributed by atoms with Gasteiger partial charge in [0.25, 0.3) is 5.91 Å². The monoisotopic (exact) mass is 272 g/mol. The fourth-order valence-electron chi connectivity index (χ4n) is 1.78. The first-order valence-electron chi connectivity index (χ1n) is 5.92. The standard InChI is InChI=1S/C15H16N2OS/c1-9-6-7-10(2)13(8-9)19-12-5-3-4-11(14(12)16)15(17)18/h3-8H,16H2,1-2H3,(H2,17,18). The van der Waals surface area contributed by atoms with Crippen LogP contribution in [0.3, 0.4) is 0 Å². The highest BCUT2D eigenvalue weighted by molar-refractivity contribution is 7.99. The van der Waals surface area contributed by atoms with Crippen LogP contribution in [0.15, 0.2) is 46.2 Å². The zero-order chi connectivity index (χ0) is 14.0. The summed E-state index contributed by atoms with van der Waals surface area (Å²) in [5.74, 6) is -0.499. The van der Waals surface area contributed by atoms with E-state index in [4.69, 9.17) is 11.5 Å². The average Bonchev–Trinajstić information content (AvgIpc) is 2.36. The van der Waals surface area contributed by atoms with Crippen molar-refractivity contribution in [1.29, 1.82) is 0 Å². The molecule has 98 valence electrons. The molecule has 2 aromatic carbocycles. The number of hydrogen-bond donors (Lipinski definition) is 2. The molecule has 0 aliphatic carbocycles. The Morgan fingerprint density at radius 2 is 1.84 bits per heavy atom. The number of rotatable bonds is 3. The van der Waals surface area contributed by atoms with Crippen molar-refractivity contribution in [3.8, 4) is 0 Å². The molecule has 0 fully saturated rings. The van der Waals surface area contributed by atoms with Crippen molar-refractivity contribution in [3.05, 3.63) is 53.1 Å². The van der Waals surface area contributed by atoms with Gasteiger partial charge in [0.15, 0.2) is 0 Å². The molecule has 2 aromatic rings. The highest BCUT2D eigenvalue weighted by Crippen LogP contribution is 2.35. The molecule has 3 nitrogen and oxygen atoms in total. The zero-order valence-electron chi connectivity index (χ0n) is 10.9. The van der Waals surface area contributed by atoms with Crippen LogP contribution in [0.2, 0.25) is 0 Å². The summed E-state index contributed by atoms with van der Waals surface area (Å²) in [6.45, 7) is 4.10. The number of aryl methyl sites for hydroxylation is 2. The molecule has 0 bridgehead atoms. The highest BCUT2D eigenvalue weighted by atomic mass is 32.2. The molecular formula is C15H16N2OS. The van der Waals surface area contributed by atoms with Crippen molar-refractivity contribution in [2.24, 2.45) is 5.73 Å². The van der Waals surface area contributed by atoms with Crippen LogP contribution >= 0.6 is 11.8 Å². The quantitative estimate of drug-likeness (QED) is 0.843. The summed E-state index contributed by atoms with van der Waals surface area (Å²) >= 11 is 1.55. The molecule has 0 aliphatic heterocycles. The molecule has 0 atom stereocenters. The number of carbonyl (C=O) groups excluding carboxylic acids is 1. The SMILES string of the molecule is Cc1ccc(C)c(Sc2cccc(C(N)=O)c2N)c1. The summed E-state index contributed by atoms with van der Waals surface area (Å²) < 4.78 is 0. The van der Waals surface area contributed by atoms with E-state index in [9.17, 15) is 4.79 Å². The fourth-order valence-corrected chi connectivity index (χ4v) is 2.86. The lowest BCUT2D eigenvalue weighted by atomic mass is 10.2. The Labute approximate surface area is 117 Å². The van der Waals surface area contributed by atoms with Gasteiger partial charge < -0.3 is 11.5 Å². The Morgan fingerprint density at radius 3 is 2.53 bits per heavy atom. The second-order valence-electron chi connectivity index (χ2n) is 4.45. The van der Waals surface area contributed by atoms with E-state index in [1.807, 2.05) is 13.0 Å². The van der Waals surface area contributed by atoms with Crippen LogP contribution in [-0.4, -0.2) is 5.91 Å². The Kier molecular flexibility index (Phi) is 3.81. The van der Waals surface area contributed by atoms with E-state index in [1.165, 1.54) is 11.1 Å². The maximum Gasteiger partial charge on any atom is 0.250 e. The molecule has 2 rings (SSSR count). The predicted molar refractivity (Wildman–Crippen MR) is 79.4 cm³/mol. The fraction of sp³-hybridized carbons (Fsp3) is 0.133. The number of para-hydroxylation sites is 1. The summed E-state index contributed by atoms with van der Waals surface area (Å²) in [4.78, 5) is 13.3. The van der Waals surface area contributed by atoms with Crippen LogP contribution in [0.5, 0.6) is 0 Å². The third-order valence-corrected chi connectivity index (χ3v) is 4.13. The van der Waals surface area contributed by atoms with E-state index >= 15 is 0 Å². The lowest BCUT2D eigenvalue weighted by Gasteiger charge is -2.10. The topological polar surface area (TPSA) is 69.1 Å². The van der Waals surface area contributed by atoms with Crippen LogP contribution in [0.25, 0.3) is 0 Å². The van der Waals surface area contributed by atoms with Gasteiger partial charge in [0.1, 0.15) is 0 Å². The summed E-state index contributed by atoms with van der Waals surface area (Å²) in [5.41, 5.74) is 14.5. The normalized spacial score (nSPS) is 10.4. The molecule has 0 saturated heterocycles. The molecule has 0 spiro atoms. The zero-order valence-corrected chi connectivity index (χ0v) is 11.8. The molecule has 0 aromatic heterocycles. The molecule has 0 radical (unpaired) electrons. The van der Waals surface area contributed by atoms with Crippen molar-refractivity contribution in [2.45, 2.75) is 23.6 Å². The molecule has 1 amide bonds. The number of carbonyl (C=O) groups is 1. The van der Waals surface area contributed by atoms with Crippen LogP contribution in [0.1, 0.15) is 21.5 Å². The van der Waals surface area contributed by atoms with Crippen molar-refractivity contribution in [3.63, 3.8) is 0 Å². The van der Waals surface area contributed by atoms with E-state index < -0.39 is 5.91 Å². The van der Waals surface area contributed by atoms with E-state index in [-0.39, 0.29) is 0 Å². The number of hydrogen-bond acceptors (Lipinski definition) is 3. The Hall–Kier alpha value is -1.94. The average molecular weight is 272 g/mol. The van der Waals surface area contributed by atoms with Gasteiger partial charge in [-0.3, -0.25) is 4.79 Å². The number of primary amides is 1. The first-order valence-corrected chi connectivity index (χ1v) is 6.74. The van der Waals surface area contributed by atoms with Crippen molar-refractivity contribution < 1.29 is 4.79 Å². The second-order valence-corrected chi connectivity index (χ2v) is 5.54. The maximum atomic E-state index is 11.3. The van der Waals surface area contributed by atoms with Crippen LogP contribution < -0.4 is 11.5 Å². The molecule has 19 heavy (non-hydrogen) atoms. The Morgan fingerprint density at radius 1 is 1.11 bits per heavy atom. The Balaban J connectivity index is 2.41. The summed E-state index contributed by atoms with van der Waals surface area (Å²) in [7, 11) is 0.